The second-order valence-corrected chi connectivity index (χ2v) is 5.47. The number of benzene rings is 1. The molecule has 22 heavy (non-hydrogen) atoms. The first-order valence-corrected chi connectivity index (χ1v) is 7.63. The normalized spacial score (nSPS) is 12.3. The second-order valence-electron chi connectivity index (χ2n) is 4.54. The predicted molar refractivity (Wildman–Crippen MR) is 79.6 cm³/mol. The summed E-state index contributed by atoms with van der Waals surface area (Å²) in [4.78, 5) is 8.30. The van der Waals surface area contributed by atoms with Crippen LogP contribution in [0.1, 0.15) is 5.69 Å². The highest BCUT2D eigenvalue weighted by Crippen LogP contribution is 2.30. The van der Waals surface area contributed by atoms with Crippen LogP contribution in [0.5, 0.6) is 0 Å². The highest BCUT2D eigenvalue weighted by Gasteiger charge is 2.13. The molecule has 2 aromatic heterocycles. The molecule has 7 heteroatoms. The van der Waals surface area contributed by atoms with Gasteiger partial charge in [0.2, 0.25) is 0 Å². The Morgan fingerprint density at radius 2 is 1.82 bits per heavy atom. The first-order chi connectivity index (χ1) is 10.6. The van der Waals surface area contributed by atoms with E-state index in [-0.39, 0.29) is 11.6 Å². The van der Waals surface area contributed by atoms with E-state index in [1.807, 2.05) is 0 Å². The van der Waals surface area contributed by atoms with Gasteiger partial charge >= 0.3 is 0 Å². The summed E-state index contributed by atoms with van der Waals surface area (Å²) in [6.07, 6.45) is 2.87. The van der Waals surface area contributed by atoms with Crippen LogP contribution in [0, 0.1) is 5.82 Å². The molecule has 0 aliphatic carbocycles. The molecule has 1 aromatic carbocycles. The van der Waals surface area contributed by atoms with Gasteiger partial charge in [-0.25, -0.2) is 13.6 Å². The van der Waals surface area contributed by atoms with E-state index in [0.29, 0.717) is 28.3 Å². The Balaban J connectivity index is 1.94. The molecule has 5 nitrogen and oxygen atoms in total. The van der Waals surface area contributed by atoms with Crippen molar-refractivity contribution in [3.05, 3.63) is 60.5 Å². The van der Waals surface area contributed by atoms with Gasteiger partial charge in [-0.05, 0) is 36.4 Å². The van der Waals surface area contributed by atoms with Crippen molar-refractivity contribution in [2.45, 2.75) is 5.75 Å². The fraction of sp³-hybridized carbons (Fsp3) is 0.0667. The van der Waals surface area contributed by atoms with Gasteiger partial charge < -0.3 is 8.97 Å². The molecular weight excluding hydrogens is 307 g/mol. The molecule has 3 aromatic rings. The molecule has 0 spiro atoms. The molecule has 1 unspecified atom stereocenters. The topological polar surface area (TPSA) is 76.2 Å². The molecule has 0 fully saturated rings. The number of nitrogens with zero attached hydrogens (tertiary/aromatic N) is 2. The van der Waals surface area contributed by atoms with E-state index < -0.39 is 11.1 Å². The molecule has 0 amide bonds. The molecule has 112 valence electrons. The third-order valence-corrected chi connectivity index (χ3v) is 3.59. The SMILES string of the molecule is O=S(O)Cc1ccc(-c2ncoc2-c2ccc(F)cc2)cn1. The monoisotopic (exact) mass is 318 g/mol. The van der Waals surface area contributed by atoms with E-state index in [1.165, 1.54) is 18.5 Å². The van der Waals surface area contributed by atoms with Crippen molar-refractivity contribution in [2.75, 3.05) is 0 Å². The maximum absolute atomic E-state index is 13.0. The zero-order valence-corrected chi connectivity index (χ0v) is 12.1. The summed E-state index contributed by atoms with van der Waals surface area (Å²) in [5.74, 6) is 0.164. The number of hydrogen-bond acceptors (Lipinski definition) is 4. The zero-order chi connectivity index (χ0) is 15.5. The van der Waals surface area contributed by atoms with Crippen molar-refractivity contribution in [1.29, 1.82) is 0 Å². The number of halogens is 1. The molecule has 1 atom stereocenters. The Labute approximate surface area is 128 Å². The average molecular weight is 318 g/mol. The van der Waals surface area contributed by atoms with Crippen molar-refractivity contribution in [1.82, 2.24) is 9.97 Å². The van der Waals surface area contributed by atoms with E-state index in [2.05, 4.69) is 9.97 Å². The van der Waals surface area contributed by atoms with Gasteiger partial charge in [0, 0.05) is 17.3 Å². The minimum absolute atomic E-state index is 0.0239. The average Bonchev–Trinajstić information content (AvgIpc) is 2.97. The lowest BCUT2D eigenvalue weighted by Crippen LogP contribution is -1.96. The Morgan fingerprint density at radius 1 is 1.09 bits per heavy atom. The van der Waals surface area contributed by atoms with Gasteiger partial charge in [0.25, 0.3) is 0 Å². The lowest BCUT2D eigenvalue weighted by molar-refractivity contribution is 0.562. The first-order valence-electron chi connectivity index (χ1n) is 6.35. The van der Waals surface area contributed by atoms with Crippen molar-refractivity contribution < 1.29 is 17.6 Å². The lowest BCUT2D eigenvalue weighted by atomic mass is 10.1. The van der Waals surface area contributed by atoms with Crippen molar-refractivity contribution in [3.8, 4) is 22.6 Å². The van der Waals surface area contributed by atoms with E-state index in [0.717, 1.165) is 0 Å². The second kappa shape index (κ2) is 6.17. The van der Waals surface area contributed by atoms with Gasteiger partial charge in [0.1, 0.15) is 11.5 Å². The number of pyridine rings is 1. The van der Waals surface area contributed by atoms with Gasteiger partial charge in [-0.1, -0.05) is 0 Å². The molecule has 3 rings (SSSR count). The molecule has 0 saturated carbocycles. The minimum Gasteiger partial charge on any atom is -0.443 e. The fourth-order valence-corrected chi connectivity index (χ4v) is 2.46. The van der Waals surface area contributed by atoms with Crippen LogP contribution >= 0.6 is 0 Å². The molecule has 0 bridgehead atoms. The summed E-state index contributed by atoms with van der Waals surface area (Å²) in [5, 5.41) is 0. The summed E-state index contributed by atoms with van der Waals surface area (Å²) in [6.45, 7) is 0. The van der Waals surface area contributed by atoms with E-state index in [9.17, 15) is 8.60 Å². The van der Waals surface area contributed by atoms with Gasteiger partial charge in [0.05, 0.1) is 11.4 Å². The van der Waals surface area contributed by atoms with Crippen LogP contribution in [0.2, 0.25) is 0 Å². The Kier molecular flexibility index (Phi) is 4.08. The van der Waals surface area contributed by atoms with Crippen molar-refractivity contribution in [2.24, 2.45) is 0 Å². The Morgan fingerprint density at radius 3 is 2.45 bits per heavy atom. The third kappa shape index (κ3) is 3.10. The molecule has 0 aliphatic rings. The maximum atomic E-state index is 13.0. The molecule has 0 saturated heterocycles. The lowest BCUT2D eigenvalue weighted by Gasteiger charge is -2.03. The predicted octanol–water partition coefficient (Wildman–Crippen LogP) is 3.26. The highest BCUT2D eigenvalue weighted by molar-refractivity contribution is 7.78. The summed E-state index contributed by atoms with van der Waals surface area (Å²) in [5.41, 5.74) is 2.50. The Bertz CT molecular complexity index is 800. The van der Waals surface area contributed by atoms with Crippen LogP contribution in [0.3, 0.4) is 0 Å². The van der Waals surface area contributed by atoms with Crippen LogP contribution in [-0.4, -0.2) is 18.7 Å². The molecule has 0 aliphatic heterocycles. The van der Waals surface area contributed by atoms with Crippen LogP contribution in [-0.2, 0) is 16.8 Å². The van der Waals surface area contributed by atoms with Crippen molar-refractivity contribution >= 4 is 11.1 Å². The summed E-state index contributed by atoms with van der Waals surface area (Å²) in [6, 6.07) is 9.32. The smallest absolute Gasteiger partial charge is 0.182 e. The van der Waals surface area contributed by atoms with Gasteiger partial charge in [-0.3, -0.25) is 4.98 Å². The van der Waals surface area contributed by atoms with Crippen LogP contribution in [0.25, 0.3) is 22.6 Å². The van der Waals surface area contributed by atoms with Gasteiger partial charge in [-0.2, -0.15) is 0 Å². The zero-order valence-electron chi connectivity index (χ0n) is 11.3. The van der Waals surface area contributed by atoms with Crippen LogP contribution in [0.4, 0.5) is 4.39 Å². The quantitative estimate of drug-likeness (QED) is 0.747. The standard InChI is InChI=1S/C15H11FN2O3S/c16-12-4-1-10(2-5-12)15-14(18-9-21-15)11-3-6-13(17-7-11)8-22(19)20/h1-7,9H,8H2,(H,19,20). The number of hydrogen-bond donors (Lipinski definition) is 1. The third-order valence-electron chi connectivity index (χ3n) is 3.04. The number of aromatic nitrogens is 2. The highest BCUT2D eigenvalue weighted by atomic mass is 32.2. The van der Waals surface area contributed by atoms with E-state index >= 15 is 0 Å². The summed E-state index contributed by atoms with van der Waals surface area (Å²) >= 11 is -1.93. The largest absolute Gasteiger partial charge is 0.443 e. The Hall–Kier alpha value is -2.38. The minimum atomic E-state index is -1.93. The summed E-state index contributed by atoms with van der Waals surface area (Å²) in [7, 11) is 0. The molecule has 0 radical (unpaired) electrons. The number of oxazole rings is 1. The van der Waals surface area contributed by atoms with Crippen molar-refractivity contribution in [3.63, 3.8) is 0 Å². The van der Waals surface area contributed by atoms with E-state index in [1.54, 1.807) is 30.5 Å². The van der Waals surface area contributed by atoms with Crippen LogP contribution < -0.4 is 0 Å². The molecule has 1 N–H and O–H groups in total. The van der Waals surface area contributed by atoms with Gasteiger partial charge in [-0.15, -0.1) is 0 Å². The first kappa shape index (κ1) is 14.6. The van der Waals surface area contributed by atoms with Crippen LogP contribution in [0.15, 0.2) is 53.4 Å². The number of rotatable bonds is 4. The maximum Gasteiger partial charge on any atom is 0.182 e. The molecular formula is C15H11FN2O3S. The van der Waals surface area contributed by atoms with Gasteiger partial charge in [0.15, 0.2) is 23.2 Å². The fourth-order valence-electron chi connectivity index (χ4n) is 2.03. The molecule has 2 heterocycles. The van der Waals surface area contributed by atoms with E-state index in [4.69, 9.17) is 8.97 Å². The summed E-state index contributed by atoms with van der Waals surface area (Å²) < 4.78 is 38.0.